The van der Waals surface area contributed by atoms with Gasteiger partial charge < -0.3 is 20.5 Å². The van der Waals surface area contributed by atoms with Gasteiger partial charge in [0, 0.05) is 5.56 Å². The molecule has 2 aromatic carbocycles. The molecule has 3 rings (SSSR count). The van der Waals surface area contributed by atoms with Crippen molar-refractivity contribution < 1.29 is 23.9 Å². The van der Waals surface area contributed by atoms with Crippen LogP contribution < -0.4 is 11.1 Å². The van der Waals surface area contributed by atoms with Gasteiger partial charge in [-0.25, -0.2) is 14.3 Å². The minimum absolute atomic E-state index is 0.137. The van der Waals surface area contributed by atoms with Crippen LogP contribution in [0, 0.1) is 0 Å². The number of amides is 1. The van der Waals surface area contributed by atoms with Crippen molar-refractivity contribution in [1.82, 2.24) is 9.78 Å². The normalized spacial score (nSPS) is 10.3. The van der Waals surface area contributed by atoms with Crippen molar-refractivity contribution in [3.63, 3.8) is 0 Å². The van der Waals surface area contributed by atoms with Gasteiger partial charge in [0.15, 0.2) is 0 Å². The number of nitrogens with one attached hydrogen (secondary N) is 1. The predicted octanol–water partition coefficient (Wildman–Crippen LogP) is 2.67. The number of hydrogen-bond donors (Lipinski definition) is 2. The van der Waals surface area contributed by atoms with Gasteiger partial charge in [0.25, 0.3) is 5.91 Å². The molecule has 0 aliphatic carbocycles. The summed E-state index contributed by atoms with van der Waals surface area (Å²) in [7, 11) is 1.27. The number of nitrogen functional groups attached to an aromatic ring is 1. The van der Waals surface area contributed by atoms with E-state index < -0.39 is 17.8 Å². The van der Waals surface area contributed by atoms with Crippen LogP contribution in [0.25, 0.3) is 5.69 Å². The third-order valence-electron chi connectivity index (χ3n) is 4.26. The molecule has 30 heavy (non-hydrogen) atoms. The van der Waals surface area contributed by atoms with Crippen LogP contribution >= 0.6 is 0 Å². The molecule has 9 nitrogen and oxygen atoms in total. The fourth-order valence-corrected chi connectivity index (χ4v) is 2.76. The largest absolute Gasteiger partial charge is 0.465 e. The average Bonchev–Trinajstić information content (AvgIpc) is 3.15. The van der Waals surface area contributed by atoms with Crippen LogP contribution in [0.1, 0.15) is 38.0 Å². The summed E-state index contributed by atoms with van der Waals surface area (Å²) >= 11 is 0. The molecule has 1 aromatic heterocycles. The van der Waals surface area contributed by atoms with E-state index in [1.807, 2.05) is 0 Å². The first-order valence-corrected chi connectivity index (χ1v) is 9.06. The highest BCUT2D eigenvalue weighted by Crippen LogP contribution is 2.20. The smallest absolute Gasteiger partial charge is 0.343 e. The van der Waals surface area contributed by atoms with Gasteiger partial charge in [-0.1, -0.05) is 12.1 Å². The van der Waals surface area contributed by atoms with Crippen LogP contribution in [-0.4, -0.2) is 41.3 Å². The molecule has 0 atom stereocenters. The molecule has 9 heteroatoms. The molecule has 0 spiro atoms. The van der Waals surface area contributed by atoms with E-state index in [9.17, 15) is 14.4 Å². The monoisotopic (exact) mass is 408 g/mol. The van der Waals surface area contributed by atoms with Crippen LogP contribution in [0.15, 0.2) is 54.7 Å². The van der Waals surface area contributed by atoms with Crippen molar-refractivity contribution in [3.8, 4) is 5.69 Å². The third kappa shape index (κ3) is 4.14. The maximum absolute atomic E-state index is 12.6. The van der Waals surface area contributed by atoms with E-state index in [2.05, 4.69) is 10.4 Å². The Hall–Kier alpha value is -4.14. The molecule has 0 bridgehead atoms. The summed E-state index contributed by atoms with van der Waals surface area (Å²) in [4.78, 5) is 36.3. The van der Waals surface area contributed by atoms with Gasteiger partial charge in [-0.15, -0.1) is 0 Å². The molecule has 0 saturated carbocycles. The van der Waals surface area contributed by atoms with Gasteiger partial charge in [-0.2, -0.15) is 5.10 Å². The predicted molar refractivity (Wildman–Crippen MR) is 110 cm³/mol. The Bertz CT molecular complexity index is 1090. The van der Waals surface area contributed by atoms with E-state index in [0.717, 1.165) is 0 Å². The van der Waals surface area contributed by atoms with Gasteiger partial charge in [0.1, 0.15) is 11.4 Å². The lowest BCUT2D eigenvalue weighted by atomic mass is 10.1. The van der Waals surface area contributed by atoms with Gasteiger partial charge in [0.2, 0.25) is 0 Å². The lowest BCUT2D eigenvalue weighted by Gasteiger charge is -2.10. The number of ether oxygens (including phenoxy) is 2. The molecule has 1 amide bonds. The van der Waals surface area contributed by atoms with E-state index in [-0.39, 0.29) is 23.6 Å². The fourth-order valence-electron chi connectivity index (χ4n) is 2.76. The third-order valence-corrected chi connectivity index (χ3v) is 4.26. The number of rotatable bonds is 6. The Morgan fingerprint density at radius 1 is 1.03 bits per heavy atom. The maximum atomic E-state index is 12.6. The summed E-state index contributed by atoms with van der Waals surface area (Å²) in [5, 5.41) is 6.81. The van der Waals surface area contributed by atoms with Crippen LogP contribution in [-0.2, 0) is 9.47 Å². The summed E-state index contributed by atoms with van der Waals surface area (Å²) in [6.07, 6.45) is 1.33. The highest BCUT2D eigenvalue weighted by molar-refractivity contribution is 6.08. The molecular formula is C21H20N4O5. The van der Waals surface area contributed by atoms with Crippen LogP contribution in [0.4, 0.5) is 11.5 Å². The van der Waals surface area contributed by atoms with E-state index in [4.69, 9.17) is 15.2 Å². The molecule has 0 aliphatic heterocycles. The van der Waals surface area contributed by atoms with Crippen LogP contribution in [0.3, 0.4) is 0 Å². The maximum Gasteiger partial charge on any atom is 0.343 e. The number of nitrogens with zero attached hydrogens (tertiary/aromatic N) is 2. The first kappa shape index (κ1) is 20.6. The number of para-hydroxylation sites is 1. The lowest BCUT2D eigenvalue weighted by molar-refractivity contribution is 0.0526. The van der Waals surface area contributed by atoms with E-state index in [1.165, 1.54) is 18.0 Å². The topological polar surface area (TPSA) is 126 Å². The highest BCUT2D eigenvalue weighted by atomic mass is 16.5. The standard InChI is InChI=1S/C21H20N4O5/c1-3-30-21(28)16-12-23-25(18(16)22)14-10-8-13(9-11-14)19(26)24-17-7-5-4-6-15(17)20(27)29-2/h4-12H,3,22H2,1-2H3,(H,24,26). The molecule has 154 valence electrons. The molecule has 3 N–H and O–H groups in total. The minimum Gasteiger partial charge on any atom is -0.465 e. The SMILES string of the molecule is CCOC(=O)c1cnn(-c2ccc(C(=O)Nc3ccccc3C(=O)OC)cc2)c1N. The first-order chi connectivity index (χ1) is 14.5. The molecule has 0 radical (unpaired) electrons. The molecule has 0 fully saturated rings. The molecule has 0 saturated heterocycles. The number of hydrogen-bond acceptors (Lipinski definition) is 7. The number of benzene rings is 2. The summed E-state index contributed by atoms with van der Waals surface area (Å²) in [5.74, 6) is -1.37. The number of esters is 2. The quantitative estimate of drug-likeness (QED) is 0.601. The fraction of sp³-hybridized carbons (Fsp3) is 0.143. The summed E-state index contributed by atoms with van der Waals surface area (Å²) in [6, 6.07) is 13.0. The van der Waals surface area contributed by atoms with Crippen LogP contribution in [0.5, 0.6) is 0 Å². The van der Waals surface area contributed by atoms with Crippen molar-refractivity contribution in [3.05, 3.63) is 71.4 Å². The lowest BCUT2D eigenvalue weighted by Crippen LogP contribution is -2.15. The number of carbonyl (C=O) groups is 3. The van der Waals surface area contributed by atoms with Crippen molar-refractivity contribution >= 4 is 29.4 Å². The number of aromatic nitrogens is 2. The number of anilines is 2. The first-order valence-electron chi connectivity index (χ1n) is 9.06. The second-order valence-electron chi connectivity index (χ2n) is 6.11. The molecule has 0 aliphatic rings. The second-order valence-corrected chi connectivity index (χ2v) is 6.11. The van der Waals surface area contributed by atoms with E-state index >= 15 is 0 Å². The molecular weight excluding hydrogens is 388 g/mol. The van der Waals surface area contributed by atoms with Crippen molar-refractivity contribution in [2.24, 2.45) is 0 Å². The molecule has 1 heterocycles. The average molecular weight is 408 g/mol. The van der Waals surface area contributed by atoms with Crippen LogP contribution in [0.2, 0.25) is 0 Å². The highest BCUT2D eigenvalue weighted by Gasteiger charge is 2.18. The Morgan fingerprint density at radius 3 is 2.40 bits per heavy atom. The Kier molecular flexibility index (Phi) is 6.11. The molecule has 3 aromatic rings. The summed E-state index contributed by atoms with van der Waals surface area (Å²) in [5.41, 5.74) is 7.68. The van der Waals surface area contributed by atoms with Crippen molar-refractivity contribution in [2.75, 3.05) is 24.8 Å². The minimum atomic E-state index is -0.554. The van der Waals surface area contributed by atoms with Gasteiger partial charge in [-0.05, 0) is 43.3 Å². The second kappa shape index (κ2) is 8.91. The number of nitrogens with two attached hydrogens (primary N) is 1. The van der Waals surface area contributed by atoms with Gasteiger partial charge in [0.05, 0.1) is 36.9 Å². The Balaban J connectivity index is 1.79. The summed E-state index contributed by atoms with van der Waals surface area (Å²) < 4.78 is 11.0. The van der Waals surface area contributed by atoms with Gasteiger partial charge in [-0.3, -0.25) is 4.79 Å². The van der Waals surface area contributed by atoms with E-state index in [0.29, 0.717) is 16.9 Å². The summed E-state index contributed by atoms with van der Waals surface area (Å²) in [6.45, 7) is 1.93. The number of methoxy groups -OCH3 is 1. The zero-order valence-corrected chi connectivity index (χ0v) is 16.4. The van der Waals surface area contributed by atoms with Crippen molar-refractivity contribution in [2.45, 2.75) is 6.92 Å². The van der Waals surface area contributed by atoms with Crippen molar-refractivity contribution in [1.29, 1.82) is 0 Å². The Morgan fingerprint density at radius 2 is 1.73 bits per heavy atom. The van der Waals surface area contributed by atoms with Gasteiger partial charge >= 0.3 is 11.9 Å². The zero-order chi connectivity index (χ0) is 21.7. The van der Waals surface area contributed by atoms with E-state index in [1.54, 1.807) is 55.5 Å². The molecule has 0 unspecified atom stereocenters. The Labute approximate surface area is 172 Å². The zero-order valence-electron chi connectivity index (χ0n) is 16.4. The number of carbonyl (C=O) groups excluding carboxylic acids is 3.